The first-order valence-corrected chi connectivity index (χ1v) is 11.1. The van der Waals surface area contributed by atoms with Crippen LogP contribution < -0.4 is 0 Å². The maximum atomic E-state index is 12.0. The Morgan fingerprint density at radius 1 is 1.33 bits per heavy atom. The smallest absolute Gasteiger partial charge is 0.414 e. The zero-order valence-corrected chi connectivity index (χ0v) is 16.2. The number of allylic oxidation sites excluding steroid dienone is 1. The number of ether oxygens (including phenoxy) is 1. The molecule has 0 spiro atoms. The number of carbonyl (C=O) groups is 1. The van der Waals surface area contributed by atoms with Crippen molar-refractivity contribution < 1.29 is 14.0 Å². The van der Waals surface area contributed by atoms with Gasteiger partial charge in [-0.15, -0.1) is 0 Å². The Morgan fingerprint density at radius 2 is 1.96 bits per heavy atom. The second-order valence-electron chi connectivity index (χ2n) is 7.56. The van der Waals surface area contributed by atoms with Gasteiger partial charge in [-0.05, 0) is 29.8 Å². The summed E-state index contributed by atoms with van der Waals surface area (Å²) in [5, 5.41) is 0.100. The van der Waals surface area contributed by atoms with Gasteiger partial charge in [0.05, 0.1) is 11.8 Å². The van der Waals surface area contributed by atoms with E-state index in [0.29, 0.717) is 12.4 Å². The summed E-state index contributed by atoms with van der Waals surface area (Å²) in [6.45, 7) is 15.2. The molecule has 0 unspecified atom stereocenters. The highest BCUT2D eigenvalue weighted by Gasteiger charge is 2.39. The molecule has 0 aliphatic carbocycles. The van der Waals surface area contributed by atoms with E-state index in [1.54, 1.807) is 17.2 Å². The van der Waals surface area contributed by atoms with Crippen LogP contribution in [-0.4, -0.2) is 25.9 Å². The minimum absolute atomic E-state index is 0.100. The number of hydrogen-bond acceptors (Lipinski definition) is 3. The van der Waals surface area contributed by atoms with Crippen molar-refractivity contribution in [1.29, 1.82) is 0 Å². The van der Waals surface area contributed by atoms with E-state index in [0.717, 1.165) is 5.56 Å². The van der Waals surface area contributed by atoms with Gasteiger partial charge in [0, 0.05) is 6.20 Å². The summed E-state index contributed by atoms with van der Waals surface area (Å²) in [4.78, 5) is 13.6. The molecule has 130 valence electrons. The van der Waals surface area contributed by atoms with Crippen LogP contribution in [0.4, 0.5) is 4.79 Å². The van der Waals surface area contributed by atoms with Crippen LogP contribution in [0.25, 0.3) is 0 Å². The summed E-state index contributed by atoms with van der Waals surface area (Å²) >= 11 is 0. The van der Waals surface area contributed by atoms with E-state index in [1.807, 2.05) is 30.3 Å². The number of nitrogens with zero attached hydrogens (tertiary/aromatic N) is 1. The molecule has 1 saturated heterocycles. The molecule has 1 atom stereocenters. The molecule has 0 aromatic heterocycles. The second-order valence-corrected chi connectivity index (χ2v) is 12.3. The first kappa shape index (κ1) is 18.3. The number of carbonyl (C=O) groups excluding carboxylic acids is 1. The summed E-state index contributed by atoms with van der Waals surface area (Å²) < 4.78 is 11.3. The van der Waals surface area contributed by atoms with Gasteiger partial charge < -0.3 is 9.16 Å². The van der Waals surface area contributed by atoms with Crippen LogP contribution in [0.2, 0.25) is 18.1 Å². The van der Waals surface area contributed by atoms with Gasteiger partial charge in [0.2, 0.25) is 8.32 Å². The van der Waals surface area contributed by atoms with Crippen LogP contribution in [0.5, 0.6) is 0 Å². The molecule has 0 saturated carbocycles. The molecule has 2 rings (SSSR count). The first-order chi connectivity index (χ1) is 11.1. The Balaban J connectivity index is 2.09. The molecule has 1 aromatic rings. The first-order valence-electron chi connectivity index (χ1n) is 8.18. The van der Waals surface area contributed by atoms with Crippen molar-refractivity contribution >= 4 is 14.4 Å². The van der Waals surface area contributed by atoms with Crippen molar-refractivity contribution in [2.45, 2.75) is 44.9 Å². The molecule has 1 fully saturated rings. The van der Waals surface area contributed by atoms with Gasteiger partial charge in [0.15, 0.2) is 0 Å². The molecule has 1 aromatic carbocycles. The summed E-state index contributed by atoms with van der Waals surface area (Å²) in [7, 11) is -1.93. The highest BCUT2D eigenvalue weighted by Crippen LogP contribution is 2.38. The fourth-order valence-electron chi connectivity index (χ4n) is 2.21. The lowest BCUT2D eigenvalue weighted by Crippen LogP contribution is -2.40. The lowest BCUT2D eigenvalue weighted by atomic mass is 10.1. The van der Waals surface area contributed by atoms with Gasteiger partial charge in [-0.25, -0.2) is 4.79 Å². The summed E-state index contributed by atoms with van der Waals surface area (Å²) in [6.07, 6.45) is 3.12. The third-order valence-electron chi connectivity index (χ3n) is 4.71. The highest BCUT2D eigenvalue weighted by molar-refractivity contribution is 6.74. The third kappa shape index (κ3) is 4.09. The van der Waals surface area contributed by atoms with E-state index in [2.05, 4.69) is 40.4 Å². The van der Waals surface area contributed by atoms with E-state index in [1.165, 1.54) is 0 Å². The molecule has 1 aliphatic heterocycles. The standard InChI is InChI=1S/C19H27NO3Si/c1-15(23-24(5,6)19(2,3)4)12-13-20-17(14-22-18(20)21)16-10-8-7-9-11-16/h7-13,17H,1,14H2,2-6H3/b13-12+/t17-/m1/s1. The van der Waals surface area contributed by atoms with Gasteiger partial charge >= 0.3 is 6.09 Å². The van der Waals surface area contributed by atoms with Gasteiger partial charge in [0.25, 0.3) is 0 Å². The number of amides is 1. The van der Waals surface area contributed by atoms with E-state index in [-0.39, 0.29) is 17.2 Å². The SMILES string of the molecule is C=C(/C=C/N1C(=O)OC[C@@H]1c1ccccc1)O[Si](C)(C)C(C)(C)C. The Morgan fingerprint density at radius 3 is 2.54 bits per heavy atom. The lowest BCUT2D eigenvalue weighted by molar-refractivity contribution is 0.166. The quantitative estimate of drug-likeness (QED) is 0.417. The third-order valence-corrected chi connectivity index (χ3v) is 9.09. The van der Waals surface area contributed by atoms with E-state index in [9.17, 15) is 4.79 Å². The monoisotopic (exact) mass is 345 g/mol. The summed E-state index contributed by atoms with van der Waals surface area (Å²) in [5.41, 5.74) is 1.05. The minimum Gasteiger partial charge on any atom is -0.544 e. The average molecular weight is 346 g/mol. The molecule has 1 amide bonds. The molecule has 1 aliphatic rings. The van der Waals surface area contributed by atoms with Gasteiger partial charge in [-0.3, -0.25) is 4.90 Å². The normalized spacial score (nSPS) is 18.8. The number of hydrogen-bond donors (Lipinski definition) is 0. The lowest BCUT2D eigenvalue weighted by Gasteiger charge is -2.36. The zero-order valence-electron chi connectivity index (χ0n) is 15.2. The van der Waals surface area contributed by atoms with Crippen LogP contribution >= 0.6 is 0 Å². The topological polar surface area (TPSA) is 38.8 Å². The minimum atomic E-state index is -1.93. The molecule has 1 heterocycles. The van der Waals surface area contributed by atoms with Crippen molar-refractivity contribution in [3.63, 3.8) is 0 Å². The number of rotatable bonds is 5. The fraction of sp³-hybridized carbons (Fsp3) is 0.421. The Hall–Kier alpha value is -2.01. The predicted molar refractivity (Wildman–Crippen MR) is 98.9 cm³/mol. The molecular weight excluding hydrogens is 318 g/mol. The Labute approximate surface area is 145 Å². The van der Waals surface area contributed by atoms with Crippen molar-refractivity contribution in [2.24, 2.45) is 0 Å². The Kier molecular flexibility index (Phi) is 5.23. The van der Waals surface area contributed by atoms with Crippen LogP contribution in [0.1, 0.15) is 32.4 Å². The molecule has 4 nitrogen and oxygen atoms in total. The van der Waals surface area contributed by atoms with Gasteiger partial charge in [0.1, 0.15) is 6.61 Å². The molecule has 0 radical (unpaired) electrons. The molecule has 5 heteroatoms. The summed E-state index contributed by atoms with van der Waals surface area (Å²) in [5.74, 6) is 0.577. The molecular formula is C19H27NO3Si. The summed E-state index contributed by atoms with van der Waals surface area (Å²) in [6, 6.07) is 9.74. The van der Waals surface area contributed by atoms with E-state index < -0.39 is 8.32 Å². The van der Waals surface area contributed by atoms with E-state index >= 15 is 0 Å². The number of benzene rings is 1. The zero-order chi connectivity index (χ0) is 18.0. The van der Waals surface area contributed by atoms with Crippen molar-refractivity contribution in [2.75, 3.05) is 6.61 Å². The van der Waals surface area contributed by atoms with Crippen LogP contribution in [-0.2, 0) is 9.16 Å². The maximum absolute atomic E-state index is 12.0. The predicted octanol–water partition coefficient (Wildman–Crippen LogP) is 5.23. The highest BCUT2D eigenvalue weighted by atomic mass is 28.4. The number of cyclic esters (lactones) is 1. The average Bonchev–Trinajstić information content (AvgIpc) is 2.85. The van der Waals surface area contributed by atoms with Crippen LogP contribution in [0.15, 0.2) is 54.9 Å². The van der Waals surface area contributed by atoms with Gasteiger partial charge in [-0.2, -0.15) is 0 Å². The molecule has 24 heavy (non-hydrogen) atoms. The van der Waals surface area contributed by atoms with Crippen molar-refractivity contribution in [1.82, 2.24) is 4.90 Å². The van der Waals surface area contributed by atoms with Crippen molar-refractivity contribution in [3.8, 4) is 0 Å². The Bertz CT molecular complexity index is 632. The van der Waals surface area contributed by atoms with Crippen molar-refractivity contribution in [3.05, 3.63) is 60.5 Å². The second kappa shape index (κ2) is 6.85. The fourth-order valence-corrected chi connectivity index (χ4v) is 3.24. The van der Waals surface area contributed by atoms with Crippen LogP contribution in [0, 0.1) is 0 Å². The maximum Gasteiger partial charge on any atom is 0.414 e. The van der Waals surface area contributed by atoms with Crippen LogP contribution in [0.3, 0.4) is 0 Å². The largest absolute Gasteiger partial charge is 0.544 e. The molecule has 0 N–H and O–H groups in total. The molecule has 0 bridgehead atoms. The van der Waals surface area contributed by atoms with Gasteiger partial charge in [-0.1, -0.05) is 57.7 Å². The van der Waals surface area contributed by atoms with E-state index in [4.69, 9.17) is 9.16 Å².